The molecule has 242 valence electrons. The monoisotopic (exact) mass is 645 g/mol. The molecule has 0 unspecified atom stereocenters. The van der Waals surface area contributed by atoms with Crippen LogP contribution in [0.5, 0.6) is 11.6 Å². The van der Waals surface area contributed by atoms with Crippen LogP contribution < -0.4 is 14.4 Å². The van der Waals surface area contributed by atoms with E-state index in [9.17, 15) is 13.2 Å². The number of hydrogen-bond acceptors (Lipinski definition) is 9. The van der Waals surface area contributed by atoms with Crippen LogP contribution in [-0.2, 0) is 14.9 Å². The Balaban J connectivity index is 1.27. The number of amides is 1. The highest BCUT2D eigenvalue weighted by Crippen LogP contribution is 2.40. The molecule has 2 fully saturated rings. The lowest BCUT2D eigenvalue weighted by Gasteiger charge is -2.34. The number of rotatable bonds is 6. The van der Waals surface area contributed by atoms with Gasteiger partial charge in [0.25, 0.3) is 0 Å². The maximum absolute atomic E-state index is 13.0. The summed E-state index contributed by atoms with van der Waals surface area (Å²) in [6.07, 6.45) is 4.72. The van der Waals surface area contributed by atoms with E-state index in [4.69, 9.17) is 14.5 Å². The molecule has 2 aliphatic rings. The predicted molar refractivity (Wildman–Crippen MR) is 177 cm³/mol. The second kappa shape index (κ2) is 12.4. The highest BCUT2D eigenvalue weighted by molar-refractivity contribution is 7.90. The fraction of sp³-hybridized carbons (Fsp3) is 0.394. The van der Waals surface area contributed by atoms with Crippen LogP contribution >= 0.6 is 0 Å². The van der Waals surface area contributed by atoms with Crippen molar-refractivity contribution in [3.63, 3.8) is 0 Å². The third-order valence-electron chi connectivity index (χ3n) is 8.05. The number of piperidine rings is 1. The standard InChI is InChI=1S/C33H39N7O5S/c1-22-13-14-24-25(10-6-12-28(24)40-20-19-38(5)46(40,42)43)29(22)44-30-26(11-7-16-34-30)27-15-17-35-31(37-27)36-23-9-8-18-39(21-23)32(41)45-33(2,3)4/h6-7,10-17,23H,8-9,18-21H2,1-5H3,(H,35,36,37)/t23-/m0/s1. The Hall–Kier alpha value is -4.49. The average Bonchev–Trinajstić information content (AvgIpc) is 3.29. The van der Waals surface area contributed by atoms with Gasteiger partial charge >= 0.3 is 16.3 Å². The van der Waals surface area contributed by atoms with Gasteiger partial charge in [-0.3, -0.25) is 4.31 Å². The van der Waals surface area contributed by atoms with Gasteiger partial charge in [-0.1, -0.05) is 24.3 Å². The number of ether oxygens (including phenoxy) is 2. The molecule has 4 heterocycles. The van der Waals surface area contributed by atoms with E-state index in [1.54, 1.807) is 30.4 Å². The molecule has 0 aliphatic carbocycles. The Labute approximate surface area is 269 Å². The van der Waals surface area contributed by atoms with Crippen LogP contribution in [-0.4, -0.2) is 83.5 Å². The summed E-state index contributed by atoms with van der Waals surface area (Å²) < 4.78 is 40.9. The van der Waals surface area contributed by atoms with E-state index in [-0.39, 0.29) is 12.1 Å². The average molecular weight is 646 g/mol. The third kappa shape index (κ3) is 6.42. The van der Waals surface area contributed by atoms with Gasteiger partial charge in [0, 0.05) is 62.4 Å². The Morgan fingerprint density at radius 2 is 1.80 bits per heavy atom. The number of nitrogens with zero attached hydrogens (tertiary/aromatic N) is 6. The second-order valence-corrected chi connectivity index (χ2v) is 14.6. The summed E-state index contributed by atoms with van der Waals surface area (Å²) in [4.78, 5) is 28.2. The molecule has 0 saturated carbocycles. The van der Waals surface area contributed by atoms with Crippen molar-refractivity contribution < 1.29 is 22.7 Å². The maximum atomic E-state index is 13.0. The number of aromatic nitrogens is 3. The first-order valence-electron chi connectivity index (χ1n) is 15.4. The number of carbonyl (C=O) groups excluding carboxylic acids is 1. The molecular weight excluding hydrogens is 606 g/mol. The van der Waals surface area contributed by atoms with Crippen LogP contribution in [0.15, 0.2) is 60.9 Å². The summed E-state index contributed by atoms with van der Waals surface area (Å²) >= 11 is 0. The highest BCUT2D eigenvalue weighted by Gasteiger charge is 2.35. The van der Waals surface area contributed by atoms with Crippen LogP contribution in [0.3, 0.4) is 0 Å². The van der Waals surface area contributed by atoms with Crippen LogP contribution in [0.2, 0.25) is 0 Å². The van der Waals surface area contributed by atoms with Crippen molar-refractivity contribution in [2.75, 3.05) is 42.8 Å². The van der Waals surface area contributed by atoms with Gasteiger partial charge in [0.1, 0.15) is 11.4 Å². The zero-order chi connectivity index (χ0) is 32.6. The van der Waals surface area contributed by atoms with Gasteiger partial charge in [-0.25, -0.2) is 19.7 Å². The Bertz CT molecular complexity index is 1880. The number of likely N-dealkylation sites (N-methyl/N-ethyl adjacent to an activating group) is 1. The van der Waals surface area contributed by atoms with E-state index in [2.05, 4.69) is 15.3 Å². The summed E-state index contributed by atoms with van der Waals surface area (Å²) in [6.45, 7) is 9.45. The molecule has 2 saturated heterocycles. The number of nitrogens with one attached hydrogen (secondary N) is 1. The quantitative estimate of drug-likeness (QED) is 0.285. The fourth-order valence-electron chi connectivity index (χ4n) is 5.76. The van der Waals surface area contributed by atoms with Crippen LogP contribution in [0.4, 0.5) is 16.4 Å². The van der Waals surface area contributed by atoms with Crippen molar-refractivity contribution in [2.24, 2.45) is 0 Å². The molecule has 12 nitrogen and oxygen atoms in total. The summed E-state index contributed by atoms with van der Waals surface area (Å²) in [5, 5.41) is 4.93. The minimum Gasteiger partial charge on any atom is -0.444 e. The van der Waals surface area contributed by atoms with Gasteiger partial charge in [-0.05, 0) is 70.4 Å². The lowest BCUT2D eigenvalue weighted by molar-refractivity contribution is 0.0206. The number of hydrogen-bond donors (Lipinski definition) is 1. The molecular formula is C33H39N7O5S. The van der Waals surface area contributed by atoms with Crippen molar-refractivity contribution in [3.05, 3.63) is 66.5 Å². The van der Waals surface area contributed by atoms with Crippen LogP contribution in [0.25, 0.3) is 22.0 Å². The molecule has 13 heteroatoms. The van der Waals surface area contributed by atoms with E-state index >= 15 is 0 Å². The van der Waals surface area contributed by atoms with Gasteiger partial charge in [0.2, 0.25) is 11.8 Å². The Morgan fingerprint density at radius 3 is 2.57 bits per heavy atom. The smallest absolute Gasteiger partial charge is 0.410 e. The van der Waals surface area contributed by atoms with Gasteiger partial charge < -0.3 is 19.7 Å². The lowest BCUT2D eigenvalue weighted by Crippen LogP contribution is -2.47. The molecule has 0 spiro atoms. The molecule has 2 aromatic carbocycles. The molecule has 1 atom stereocenters. The molecule has 6 rings (SSSR count). The number of fused-ring (bicyclic) bond motifs is 1. The first-order chi connectivity index (χ1) is 21.9. The molecule has 1 amide bonds. The summed E-state index contributed by atoms with van der Waals surface area (Å²) in [5.74, 6) is 1.38. The van der Waals surface area contributed by atoms with Crippen molar-refractivity contribution in [1.29, 1.82) is 0 Å². The van der Waals surface area contributed by atoms with E-state index in [1.807, 2.05) is 70.2 Å². The summed E-state index contributed by atoms with van der Waals surface area (Å²) in [6, 6.07) is 14.9. The van der Waals surface area contributed by atoms with Crippen LogP contribution in [0.1, 0.15) is 39.2 Å². The van der Waals surface area contributed by atoms with Crippen LogP contribution in [0, 0.1) is 6.92 Å². The molecule has 2 aliphatic heterocycles. The fourth-order valence-corrected chi connectivity index (χ4v) is 7.13. The third-order valence-corrected chi connectivity index (χ3v) is 9.96. The number of pyridine rings is 1. The molecule has 2 aromatic heterocycles. The minimum atomic E-state index is -3.60. The second-order valence-electron chi connectivity index (χ2n) is 12.6. The molecule has 1 N–H and O–H groups in total. The number of benzene rings is 2. The summed E-state index contributed by atoms with van der Waals surface area (Å²) in [7, 11) is -2.01. The van der Waals surface area contributed by atoms with E-state index in [0.717, 1.165) is 29.2 Å². The Morgan fingerprint density at radius 1 is 0.978 bits per heavy atom. The van der Waals surface area contributed by atoms with Crippen molar-refractivity contribution >= 4 is 38.7 Å². The maximum Gasteiger partial charge on any atom is 0.410 e. The highest BCUT2D eigenvalue weighted by atomic mass is 32.2. The molecule has 46 heavy (non-hydrogen) atoms. The van der Waals surface area contributed by atoms with E-state index < -0.39 is 15.8 Å². The zero-order valence-corrected chi connectivity index (χ0v) is 27.5. The largest absolute Gasteiger partial charge is 0.444 e. The predicted octanol–water partition coefficient (Wildman–Crippen LogP) is 5.60. The molecule has 0 bridgehead atoms. The topological polar surface area (TPSA) is 130 Å². The SMILES string of the molecule is Cc1ccc2c(N3CCN(C)S3(=O)=O)cccc2c1Oc1ncccc1-c1ccnc(N[C@H]2CCCN(C(=O)OC(C)(C)C)C2)n1. The zero-order valence-electron chi connectivity index (χ0n) is 26.7. The summed E-state index contributed by atoms with van der Waals surface area (Å²) in [5.41, 5.74) is 2.21. The normalized spacial score (nSPS) is 18.5. The number of likely N-dealkylation sites (tertiary alicyclic amines) is 1. The van der Waals surface area contributed by atoms with Crippen molar-refractivity contribution in [2.45, 2.75) is 52.2 Å². The lowest BCUT2D eigenvalue weighted by atomic mass is 10.0. The first kappa shape index (κ1) is 31.5. The van der Waals surface area contributed by atoms with Gasteiger partial charge in [0.15, 0.2) is 0 Å². The number of aryl methyl sites for hydroxylation is 1. The molecule has 4 aromatic rings. The van der Waals surface area contributed by atoms with Gasteiger partial charge in [-0.15, -0.1) is 0 Å². The first-order valence-corrected chi connectivity index (χ1v) is 16.8. The van der Waals surface area contributed by atoms with Crippen molar-refractivity contribution in [3.8, 4) is 22.9 Å². The number of anilines is 2. The van der Waals surface area contributed by atoms with Gasteiger partial charge in [0.05, 0.1) is 16.9 Å². The Kier molecular flexibility index (Phi) is 8.47. The minimum absolute atomic E-state index is 0.0344. The van der Waals surface area contributed by atoms with E-state index in [0.29, 0.717) is 60.7 Å². The van der Waals surface area contributed by atoms with Crippen molar-refractivity contribution in [1.82, 2.24) is 24.2 Å². The molecule has 0 radical (unpaired) electrons. The number of carbonyl (C=O) groups is 1. The van der Waals surface area contributed by atoms with Gasteiger partial charge in [-0.2, -0.15) is 12.7 Å². The van der Waals surface area contributed by atoms with E-state index in [1.165, 1.54) is 8.61 Å².